The Labute approximate surface area is 116 Å². The Bertz CT molecular complexity index is 576. The molecule has 0 amide bonds. The normalized spacial score (nSPS) is 22.5. The lowest BCUT2D eigenvalue weighted by Crippen LogP contribution is -2.17. The summed E-state index contributed by atoms with van der Waals surface area (Å²) in [5.41, 5.74) is 1.58. The molecule has 1 N–H and O–H groups in total. The highest BCUT2D eigenvalue weighted by atomic mass is 35.5. The molecule has 0 bridgehead atoms. The molecule has 0 saturated carbocycles. The summed E-state index contributed by atoms with van der Waals surface area (Å²) in [6.45, 7) is 1.89. The fourth-order valence-corrected chi connectivity index (χ4v) is 2.14. The SMILES string of the molecule is COC1=CCC(C)(Cl)C=C1c1cncc(C(=O)O)c1. The van der Waals surface area contributed by atoms with Crippen LogP contribution >= 0.6 is 11.6 Å². The summed E-state index contributed by atoms with van der Waals surface area (Å²) in [7, 11) is 1.57. The third-order valence-corrected chi connectivity index (χ3v) is 3.18. The number of carbonyl (C=O) groups is 1. The Morgan fingerprint density at radius 1 is 1.53 bits per heavy atom. The quantitative estimate of drug-likeness (QED) is 0.864. The molecule has 1 unspecified atom stereocenters. The monoisotopic (exact) mass is 279 g/mol. The number of methoxy groups -OCH3 is 1. The highest BCUT2D eigenvalue weighted by molar-refractivity contribution is 6.26. The first-order chi connectivity index (χ1) is 8.93. The van der Waals surface area contributed by atoms with Crippen molar-refractivity contribution in [2.75, 3.05) is 7.11 Å². The minimum atomic E-state index is -1.01. The van der Waals surface area contributed by atoms with Crippen LogP contribution in [0.1, 0.15) is 29.3 Å². The van der Waals surface area contributed by atoms with Gasteiger partial charge in [0.25, 0.3) is 0 Å². The number of carboxylic acids is 1. The third-order valence-electron chi connectivity index (χ3n) is 2.91. The van der Waals surface area contributed by atoms with E-state index >= 15 is 0 Å². The van der Waals surface area contributed by atoms with Crippen LogP contribution in [0.5, 0.6) is 0 Å². The van der Waals surface area contributed by atoms with Gasteiger partial charge in [0.2, 0.25) is 0 Å². The average Bonchev–Trinajstić information content (AvgIpc) is 2.38. The highest BCUT2D eigenvalue weighted by Gasteiger charge is 2.25. The van der Waals surface area contributed by atoms with Crippen LogP contribution in [0.3, 0.4) is 0 Å². The molecule has 0 aromatic carbocycles. The zero-order chi connectivity index (χ0) is 14.0. The molecule has 1 heterocycles. The molecule has 5 heteroatoms. The summed E-state index contributed by atoms with van der Waals surface area (Å²) in [5.74, 6) is -0.329. The minimum absolute atomic E-state index is 0.135. The van der Waals surface area contributed by atoms with Gasteiger partial charge in [-0.05, 0) is 25.5 Å². The maximum Gasteiger partial charge on any atom is 0.337 e. The number of hydrogen-bond donors (Lipinski definition) is 1. The number of aromatic nitrogens is 1. The first kappa shape index (κ1) is 13.6. The first-order valence-corrected chi connectivity index (χ1v) is 6.16. The number of allylic oxidation sites excluding steroid dienone is 3. The van der Waals surface area contributed by atoms with Gasteiger partial charge >= 0.3 is 5.97 Å². The van der Waals surface area contributed by atoms with Crippen LogP contribution in [0.4, 0.5) is 0 Å². The first-order valence-electron chi connectivity index (χ1n) is 5.78. The number of alkyl halides is 1. The number of nitrogens with zero attached hydrogens (tertiary/aromatic N) is 1. The molecule has 100 valence electrons. The van der Waals surface area contributed by atoms with Gasteiger partial charge in [-0.2, -0.15) is 0 Å². The van der Waals surface area contributed by atoms with Crippen molar-refractivity contribution >= 4 is 23.1 Å². The van der Waals surface area contributed by atoms with Gasteiger partial charge in [0, 0.05) is 23.5 Å². The van der Waals surface area contributed by atoms with E-state index in [1.807, 2.05) is 19.1 Å². The van der Waals surface area contributed by atoms with Crippen LogP contribution in [0.25, 0.3) is 5.57 Å². The number of aromatic carboxylic acids is 1. The molecule has 1 atom stereocenters. The van der Waals surface area contributed by atoms with Crippen molar-refractivity contribution in [3.05, 3.63) is 47.5 Å². The average molecular weight is 280 g/mol. The molecule has 0 fully saturated rings. The number of hydrogen-bond acceptors (Lipinski definition) is 3. The van der Waals surface area contributed by atoms with Gasteiger partial charge in [0.15, 0.2) is 0 Å². The summed E-state index contributed by atoms with van der Waals surface area (Å²) in [5, 5.41) is 9.00. The molecule has 0 aliphatic heterocycles. The summed E-state index contributed by atoms with van der Waals surface area (Å²) in [6, 6.07) is 1.56. The number of halogens is 1. The standard InChI is InChI=1S/C14H14ClNO3/c1-14(15)4-3-12(19-2)11(6-14)9-5-10(13(17)18)8-16-7-9/h3,5-8H,4H2,1-2H3,(H,17,18). The highest BCUT2D eigenvalue weighted by Crippen LogP contribution is 2.36. The maximum atomic E-state index is 11.0. The van der Waals surface area contributed by atoms with Crippen LogP contribution in [0, 0.1) is 0 Å². The zero-order valence-corrected chi connectivity index (χ0v) is 11.4. The van der Waals surface area contributed by atoms with E-state index < -0.39 is 10.8 Å². The molecular formula is C14H14ClNO3. The molecule has 0 saturated heterocycles. The lowest BCUT2D eigenvalue weighted by atomic mass is 9.91. The topological polar surface area (TPSA) is 59.4 Å². The predicted octanol–water partition coefficient (Wildman–Crippen LogP) is 3.09. The van der Waals surface area contributed by atoms with Gasteiger partial charge < -0.3 is 9.84 Å². The van der Waals surface area contributed by atoms with Crippen LogP contribution in [0.15, 0.2) is 36.4 Å². The number of carboxylic acid groups (broad SMARTS) is 1. The lowest BCUT2D eigenvalue weighted by molar-refractivity contribution is 0.0696. The molecule has 19 heavy (non-hydrogen) atoms. The van der Waals surface area contributed by atoms with Crippen molar-refractivity contribution < 1.29 is 14.6 Å². The second-order valence-electron chi connectivity index (χ2n) is 4.58. The molecule has 2 rings (SSSR count). The molecule has 0 spiro atoms. The molecule has 1 aromatic rings. The fraction of sp³-hybridized carbons (Fsp3) is 0.286. The van der Waals surface area contributed by atoms with E-state index in [0.717, 1.165) is 5.57 Å². The number of rotatable bonds is 3. The number of pyridine rings is 1. The molecule has 1 aliphatic carbocycles. The van der Waals surface area contributed by atoms with Gasteiger partial charge in [0.1, 0.15) is 5.76 Å². The molecule has 1 aliphatic rings. The van der Waals surface area contributed by atoms with E-state index in [2.05, 4.69) is 4.98 Å². The van der Waals surface area contributed by atoms with Crippen molar-refractivity contribution in [1.29, 1.82) is 0 Å². The third kappa shape index (κ3) is 2.96. The summed E-state index contributed by atoms with van der Waals surface area (Å²) in [4.78, 5) is 14.4. The van der Waals surface area contributed by atoms with E-state index in [-0.39, 0.29) is 5.56 Å². The Morgan fingerprint density at radius 3 is 2.89 bits per heavy atom. The van der Waals surface area contributed by atoms with E-state index in [0.29, 0.717) is 17.7 Å². The molecular weight excluding hydrogens is 266 g/mol. The Kier molecular flexibility index (Phi) is 3.62. The smallest absolute Gasteiger partial charge is 0.337 e. The van der Waals surface area contributed by atoms with Crippen molar-refractivity contribution in [1.82, 2.24) is 4.98 Å². The van der Waals surface area contributed by atoms with Gasteiger partial charge in [-0.25, -0.2) is 4.79 Å². The predicted molar refractivity (Wildman–Crippen MR) is 73.1 cm³/mol. The Hall–Kier alpha value is -1.81. The van der Waals surface area contributed by atoms with E-state index in [1.165, 1.54) is 6.20 Å². The van der Waals surface area contributed by atoms with Crippen molar-refractivity contribution in [2.45, 2.75) is 18.2 Å². The van der Waals surface area contributed by atoms with Gasteiger partial charge in [-0.15, -0.1) is 11.6 Å². The van der Waals surface area contributed by atoms with E-state index in [4.69, 9.17) is 21.4 Å². The summed E-state index contributed by atoms with van der Waals surface area (Å²) < 4.78 is 5.31. The summed E-state index contributed by atoms with van der Waals surface area (Å²) in [6.07, 6.45) is 7.34. The van der Waals surface area contributed by atoms with Crippen molar-refractivity contribution in [3.63, 3.8) is 0 Å². The molecule has 1 aromatic heterocycles. The minimum Gasteiger partial charge on any atom is -0.496 e. The second-order valence-corrected chi connectivity index (χ2v) is 5.44. The van der Waals surface area contributed by atoms with Crippen molar-refractivity contribution in [3.8, 4) is 0 Å². The zero-order valence-electron chi connectivity index (χ0n) is 10.7. The van der Waals surface area contributed by atoms with Gasteiger partial charge in [-0.3, -0.25) is 4.98 Å². The van der Waals surface area contributed by atoms with E-state index in [9.17, 15) is 4.79 Å². The maximum absolute atomic E-state index is 11.0. The fourth-order valence-electron chi connectivity index (χ4n) is 1.96. The van der Waals surface area contributed by atoms with Crippen LogP contribution in [0.2, 0.25) is 0 Å². The molecule has 4 nitrogen and oxygen atoms in total. The Morgan fingerprint density at radius 2 is 2.26 bits per heavy atom. The van der Waals surface area contributed by atoms with E-state index in [1.54, 1.807) is 19.4 Å². The number of ether oxygens (including phenoxy) is 1. The Balaban J connectivity index is 2.49. The molecule has 0 radical (unpaired) electrons. The van der Waals surface area contributed by atoms with Crippen LogP contribution in [-0.4, -0.2) is 28.0 Å². The van der Waals surface area contributed by atoms with Gasteiger partial charge in [-0.1, -0.05) is 6.08 Å². The summed E-state index contributed by atoms with van der Waals surface area (Å²) >= 11 is 6.33. The van der Waals surface area contributed by atoms with Crippen LogP contribution in [-0.2, 0) is 4.74 Å². The van der Waals surface area contributed by atoms with Gasteiger partial charge in [0.05, 0.1) is 17.5 Å². The lowest BCUT2D eigenvalue weighted by Gasteiger charge is -2.24. The largest absolute Gasteiger partial charge is 0.496 e. The second kappa shape index (κ2) is 5.05. The van der Waals surface area contributed by atoms with Crippen molar-refractivity contribution in [2.24, 2.45) is 0 Å². The van der Waals surface area contributed by atoms with Crippen LogP contribution < -0.4 is 0 Å².